The summed E-state index contributed by atoms with van der Waals surface area (Å²) in [6.07, 6.45) is 6.18. The van der Waals surface area contributed by atoms with E-state index in [1.807, 2.05) is 41.2 Å². The van der Waals surface area contributed by atoms with Crippen LogP contribution in [-0.2, 0) is 6.54 Å². The monoisotopic (exact) mass is 350 g/mol. The van der Waals surface area contributed by atoms with E-state index in [1.165, 1.54) is 17.7 Å². The number of piperidine rings is 1. The first-order valence-corrected chi connectivity index (χ1v) is 9.11. The highest BCUT2D eigenvalue weighted by Gasteiger charge is 2.19. The van der Waals surface area contributed by atoms with Crippen molar-refractivity contribution in [2.45, 2.75) is 25.4 Å². The van der Waals surface area contributed by atoms with Gasteiger partial charge in [-0.2, -0.15) is 5.10 Å². The van der Waals surface area contributed by atoms with Crippen LogP contribution in [-0.4, -0.2) is 28.9 Å². The number of benzene rings is 2. The Morgan fingerprint density at radius 2 is 1.69 bits per heavy atom. The van der Waals surface area contributed by atoms with Crippen LogP contribution in [0.1, 0.15) is 18.4 Å². The number of halogens is 1. The molecule has 1 aliphatic heterocycles. The van der Waals surface area contributed by atoms with E-state index in [0.717, 1.165) is 43.9 Å². The molecule has 0 amide bonds. The summed E-state index contributed by atoms with van der Waals surface area (Å²) < 4.78 is 15.0. The fourth-order valence-electron chi connectivity index (χ4n) is 3.43. The summed E-state index contributed by atoms with van der Waals surface area (Å²) in [6.45, 7) is 2.81. The van der Waals surface area contributed by atoms with E-state index in [0.29, 0.717) is 6.04 Å². The molecule has 134 valence electrons. The molecule has 0 aliphatic carbocycles. The van der Waals surface area contributed by atoms with Gasteiger partial charge in [0.2, 0.25) is 0 Å². The van der Waals surface area contributed by atoms with Crippen molar-refractivity contribution < 1.29 is 4.39 Å². The number of nitrogens with zero attached hydrogens (tertiary/aromatic N) is 3. The molecule has 0 spiro atoms. The molecule has 0 saturated carbocycles. The Balaban J connectivity index is 1.27. The zero-order chi connectivity index (χ0) is 17.8. The van der Waals surface area contributed by atoms with Crippen LogP contribution in [0.4, 0.5) is 10.1 Å². The normalized spacial score (nSPS) is 15.3. The molecule has 0 radical (unpaired) electrons. The minimum Gasteiger partial charge on any atom is -0.371 e. The van der Waals surface area contributed by atoms with Gasteiger partial charge in [0.05, 0.1) is 11.9 Å². The average molecular weight is 350 g/mol. The summed E-state index contributed by atoms with van der Waals surface area (Å²) in [5, 5.41) is 8.09. The summed E-state index contributed by atoms with van der Waals surface area (Å²) in [4.78, 5) is 2.32. The topological polar surface area (TPSA) is 33.1 Å². The largest absolute Gasteiger partial charge is 0.371 e. The van der Waals surface area contributed by atoms with Crippen molar-refractivity contribution in [2.24, 2.45) is 0 Å². The molecule has 1 aliphatic rings. The van der Waals surface area contributed by atoms with Crippen molar-refractivity contribution in [1.29, 1.82) is 0 Å². The summed E-state index contributed by atoms with van der Waals surface area (Å²) in [5.41, 5.74) is 3.37. The maximum atomic E-state index is 13.1. The van der Waals surface area contributed by atoms with Crippen molar-refractivity contribution in [3.05, 3.63) is 78.4 Å². The Labute approximate surface area is 153 Å². The molecule has 1 saturated heterocycles. The van der Waals surface area contributed by atoms with Crippen LogP contribution >= 0.6 is 0 Å². The molecule has 0 atom stereocenters. The first kappa shape index (κ1) is 16.8. The second kappa shape index (κ2) is 7.70. The lowest BCUT2D eigenvalue weighted by molar-refractivity contribution is 0.414. The van der Waals surface area contributed by atoms with Gasteiger partial charge in [-0.05, 0) is 49.2 Å². The number of anilines is 1. The van der Waals surface area contributed by atoms with Crippen LogP contribution in [0.15, 0.2) is 67.0 Å². The molecule has 4 nitrogen and oxygen atoms in total. The zero-order valence-corrected chi connectivity index (χ0v) is 14.7. The van der Waals surface area contributed by atoms with Gasteiger partial charge in [0, 0.05) is 43.1 Å². The fraction of sp³-hybridized carbons (Fsp3) is 0.286. The lowest BCUT2D eigenvalue weighted by Gasteiger charge is -2.34. The van der Waals surface area contributed by atoms with E-state index >= 15 is 0 Å². The second-order valence-electron chi connectivity index (χ2n) is 6.75. The molecule has 3 aromatic rings. The summed E-state index contributed by atoms with van der Waals surface area (Å²) in [5.74, 6) is -0.179. The predicted octanol–water partition coefficient (Wildman–Crippen LogP) is 3.77. The Morgan fingerprint density at radius 3 is 2.42 bits per heavy atom. The molecule has 0 unspecified atom stereocenters. The van der Waals surface area contributed by atoms with Gasteiger partial charge in [0.1, 0.15) is 5.82 Å². The summed E-state index contributed by atoms with van der Waals surface area (Å²) in [7, 11) is 0. The van der Waals surface area contributed by atoms with Crippen LogP contribution in [0.2, 0.25) is 0 Å². The third-order valence-corrected chi connectivity index (χ3v) is 4.94. The minimum absolute atomic E-state index is 0.179. The van der Waals surface area contributed by atoms with Gasteiger partial charge in [-0.25, -0.2) is 9.07 Å². The number of aromatic nitrogens is 2. The lowest BCUT2D eigenvalue weighted by Crippen LogP contribution is -2.42. The minimum atomic E-state index is -0.179. The number of rotatable bonds is 5. The van der Waals surface area contributed by atoms with Gasteiger partial charge in [0.25, 0.3) is 0 Å². The maximum Gasteiger partial charge on any atom is 0.123 e. The molecule has 2 heterocycles. The van der Waals surface area contributed by atoms with Crippen molar-refractivity contribution in [1.82, 2.24) is 15.1 Å². The van der Waals surface area contributed by atoms with Crippen LogP contribution in [0, 0.1) is 5.82 Å². The fourth-order valence-corrected chi connectivity index (χ4v) is 3.43. The first-order valence-electron chi connectivity index (χ1n) is 9.11. The molecule has 5 heteroatoms. The third kappa shape index (κ3) is 3.94. The number of hydrogen-bond donors (Lipinski definition) is 1. The van der Waals surface area contributed by atoms with E-state index < -0.39 is 0 Å². The van der Waals surface area contributed by atoms with E-state index in [2.05, 4.69) is 33.6 Å². The quantitative estimate of drug-likeness (QED) is 0.760. The van der Waals surface area contributed by atoms with E-state index in [4.69, 9.17) is 0 Å². The number of hydrogen-bond acceptors (Lipinski definition) is 3. The summed E-state index contributed by atoms with van der Waals surface area (Å²) >= 11 is 0. The van der Waals surface area contributed by atoms with E-state index in [9.17, 15) is 4.39 Å². The van der Waals surface area contributed by atoms with Crippen molar-refractivity contribution >= 4 is 5.69 Å². The highest BCUT2D eigenvalue weighted by Crippen LogP contribution is 2.20. The number of nitrogens with one attached hydrogen (secondary N) is 1. The Bertz CT molecular complexity index is 821. The Morgan fingerprint density at radius 1 is 0.962 bits per heavy atom. The molecule has 1 N–H and O–H groups in total. The molecule has 1 aromatic heterocycles. The predicted molar refractivity (Wildman–Crippen MR) is 102 cm³/mol. The Hall–Kier alpha value is -2.66. The molecular formula is C21H23FN4. The molecule has 4 rings (SSSR count). The van der Waals surface area contributed by atoms with Crippen LogP contribution in [0.25, 0.3) is 5.69 Å². The van der Waals surface area contributed by atoms with Gasteiger partial charge in [-0.1, -0.05) is 18.2 Å². The Kier molecular flexibility index (Phi) is 4.97. The second-order valence-corrected chi connectivity index (χ2v) is 6.75. The maximum absolute atomic E-state index is 13.1. The molecular weight excluding hydrogens is 327 g/mol. The van der Waals surface area contributed by atoms with Crippen molar-refractivity contribution in [3.8, 4) is 5.69 Å². The smallest absolute Gasteiger partial charge is 0.123 e. The third-order valence-electron chi connectivity index (χ3n) is 4.94. The van der Waals surface area contributed by atoms with Gasteiger partial charge in [-0.3, -0.25) is 0 Å². The lowest BCUT2D eigenvalue weighted by atomic mass is 10.0. The number of para-hydroxylation sites is 1. The van der Waals surface area contributed by atoms with Crippen LogP contribution in [0.5, 0.6) is 0 Å². The SMILES string of the molecule is Fc1ccc(N2CCC(NCc3cnn(-c4ccccc4)c3)CC2)cc1. The van der Waals surface area contributed by atoms with Crippen LogP contribution < -0.4 is 10.2 Å². The van der Waals surface area contributed by atoms with Gasteiger partial charge in [-0.15, -0.1) is 0 Å². The highest BCUT2D eigenvalue weighted by molar-refractivity contribution is 5.46. The average Bonchev–Trinajstić information content (AvgIpc) is 3.17. The van der Waals surface area contributed by atoms with Gasteiger partial charge >= 0.3 is 0 Å². The highest BCUT2D eigenvalue weighted by atomic mass is 19.1. The standard InChI is InChI=1S/C21H23FN4/c22-18-6-8-20(9-7-18)25-12-10-19(11-13-25)23-14-17-15-24-26(16-17)21-4-2-1-3-5-21/h1-9,15-16,19,23H,10-14H2. The molecule has 1 fully saturated rings. The zero-order valence-electron chi connectivity index (χ0n) is 14.7. The first-order chi connectivity index (χ1) is 12.8. The van der Waals surface area contributed by atoms with Gasteiger partial charge in [0.15, 0.2) is 0 Å². The van der Waals surface area contributed by atoms with Crippen molar-refractivity contribution in [3.63, 3.8) is 0 Å². The van der Waals surface area contributed by atoms with E-state index in [1.54, 1.807) is 0 Å². The van der Waals surface area contributed by atoms with Crippen molar-refractivity contribution in [2.75, 3.05) is 18.0 Å². The van der Waals surface area contributed by atoms with Gasteiger partial charge < -0.3 is 10.2 Å². The summed E-state index contributed by atoms with van der Waals surface area (Å²) in [6, 6.07) is 17.4. The molecule has 0 bridgehead atoms. The van der Waals surface area contributed by atoms with E-state index in [-0.39, 0.29) is 5.82 Å². The molecule has 26 heavy (non-hydrogen) atoms. The molecule has 2 aromatic carbocycles. The van der Waals surface area contributed by atoms with Crippen LogP contribution in [0.3, 0.4) is 0 Å².